The minimum absolute atomic E-state index is 0.00931. The van der Waals surface area contributed by atoms with Crippen LogP contribution in [0.4, 0.5) is 14.7 Å². The normalized spacial score (nSPS) is 26.5. The molecule has 3 N–H and O–H groups in total. The Kier molecular flexibility index (Phi) is 6.48. The summed E-state index contributed by atoms with van der Waals surface area (Å²) >= 11 is 0. The first-order valence-electron chi connectivity index (χ1n) is 11.3. The number of rotatable bonds is 8. The lowest BCUT2D eigenvalue weighted by molar-refractivity contribution is -0.202. The van der Waals surface area contributed by atoms with Crippen molar-refractivity contribution >= 4 is 36.1 Å². The molecule has 196 valence electrons. The van der Waals surface area contributed by atoms with Gasteiger partial charge in [-0.1, -0.05) is 36.4 Å². The second-order valence-corrected chi connectivity index (χ2v) is 9.57. The molecule has 1 saturated heterocycles. The number of nitrogens with two attached hydrogens (primary N) is 1. The van der Waals surface area contributed by atoms with Crippen molar-refractivity contribution in [3.8, 4) is 11.6 Å². The first-order valence-corrected chi connectivity index (χ1v) is 12.6. The summed E-state index contributed by atoms with van der Waals surface area (Å²) in [5.41, 5.74) is 3.22. The molecule has 0 amide bonds. The summed E-state index contributed by atoms with van der Waals surface area (Å²) in [5.74, 6) is -2.94. The van der Waals surface area contributed by atoms with Gasteiger partial charge in [-0.25, -0.2) is 18.3 Å². The summed E-state index contributed by atoms with van der Waals surface area (Å²) in [4.78, 5) is 12.1. The van der Waals surface area contributed by atoms with E-state index in [-0.39, 0.29) is 35.3 Å². The number of aliphatic hydroxyl groups is 1. The number of nitrogens with zero attached hydrogens (tertiary/aromatic N) is 4. The summed E-state index contributed by atoms with van der Waals surface area (Å²) < 4.78 is 66.3. The molecule has 14 heteroatoms. The Morgan fingerprint density at radius 1 is 1.22 bits per heavy atom. The van der Waals surface area contributed by atoms with Crippen LogP contribution >= 0.6 is 8.25 Å². The van der Waals surface area contributed by atoms with E-state index in [1.54, 1.807) is 31.2 Å². The van der Waals surface area contributed by atoms with E-state index in [1.807, 2.05) is 18.2 Å². The standard InChI is InChI=1S/C23H24F2N5O6P/c1-3-33-18-16-17(28-21(26)29-18)30(12-27-16)20-22(2,24)19(31)23(25,35-20)11-34-37(32)36-15-10-6-8-13-7-4-5-9-14(13)15/h4-10,12,19-20,31,37H,3,11H2,1-2H3,(H2,26,28,29)/t19-,20+,22+,23+/m0/s1. The molecule has 0 aliphatic carbocycles. The molecule has 1 fully saturated rings. The van der Waals surface area contributed by atoms with E-state index in [0.29, 0.717) is 5.39 Å². The van der Waals surface area contributed by atoms with Crippen LogP contribution in [0.3, 0.4) is 0 Å². The summed E-state index contributed by atoms with van der Waals surface area (Å²) in [6.07, 6.45) is -2.90. The van der Waals surface area contributed by atoms with Gasteiger partial charge in [0.25, 0.3) is 5.85 Å². The molecular weight excluding hydrogens is 511 g/mol. The molecule has 2 aromatic heterocycles. The van der Waals surface area contributed by atoms with Crippen LogP contribution in [-0.4, -0.2) is 55.5 Å². The molecule has 1 unspecified atom stereocenters. The summed E-state index contributed by atoms with van der Waals surface area (Å²) in [6.45, 7) is 1.87. The molecule has 37 heavy (non-hydrogen) atoms. The fourth-order valence-electron chi connectivity index (χ4n) is 4.24. The zero-order chi connectivity index (χ0) is 26.4. The maximum absolute atomic E-state index is 15.7. The largest absolute Gasteiger partial charge is 0.476 e. The van der Waals surface area contributed by atoms with E-state index in [2.05, 4.69) is 15.0 Å². The first-order chi connectivity index (χ1) is 17.6. The Bertz CT molecular complexity index is 1480. The van der Waals surface area contributed by atoms with Crippen molar-refractivity contribution in [2.75, 3.05) is 18.9 Å². The third kappa shape index (κ3) is 4.48. The summed E-state index contributed by atoms with van der Waals surface area (Å²) in [5, 5.41) is 12.1. The highest BCUT2D eigenvalue weighted by Gasteiger charge is 2.65. The number of hydrogen-bond acceptors (Lipinski definition) is 10. The highest BCUT2D eigenvalue weighted by Crippen LogP contribution is 2.49. The molecule has 0 radical (unpaired) electrons. The van der Waals surface area contributed by atoms with Gasteiger partial charge in [0.05, 0.1) is 12.9 Å². The number of benzene rings is 2. The highest BCUT2D eigenvalue weighted by atomic mass is 31.1. The Morgan fingerprint density at radius 2 is 1.97 bits per heavy atom. The van der Waals surface area contributed by atoms with Crippen LogP contribution < -0.4 is 15.0 Å². The quantitative estimate of drug-likeness (QED) is 0.320. The van der Waals surface area contributed by atoms with Gasteiger partial charge in [-0.2, -0.15) is 9.97 Å². The Labute approximate surface area is 210 Å². The molecule has 11 nitrogen and oxygen atoms in total. The molecule has 2 aromatic carbocycles. The Balaban J connectivity index is 1.36. The molecule has 1 aliphatic heterocycles. The molecule has 0 spiro atoms. The Hall–Kier alpha value is -3.38. The fourth-order valence-corrected chi connectivity index (χ4v) is 4.97. The third-order valence-corrected chi connectivity index (χ3v) is 6.77. The number of fused-ring (bicyclic) bond motifs is 2. The fraction of sp³-hybridized carbons (Fsp3) is 0.348. The van der Waals surface area contributed by atoms with Crippen molar-refractivity contribution in [2.45, 2.75) is 37.7 Å². The third-order valence-electron chi connectivity index (χ3n) is 6.00. The van der Waals surface area contributed by atoms with E-state index in [9.17, 15) is 9.67 Å². The van der Waals surface area contributed by atoms with Gasteiger partial charge in [0.1, 0.15) is 12.4 Å². The molecule has 0 bridgehead atoms. The number of hydrogen-bond donors (Lipinski definition) is 2. The number of nitrogen functional groups attached to an aromatic ring is 1. The Morgan fingerprint density at radius 3 is 2.76 bits per heavy atom. The summed E-state index contributed by atoms with van der Waals surface area (Å²) in [7, 11) is -3.32. The predicted octanol–water partition coefficient (Wildman–Crippen LogP) is 3.73. The highest BCUT2D eigenvalue weighted by molar-refractivity contribution is 7.33. The minimum atomic E-state index is -3.32. The van der Waals surface area contributed by atoms with Crippen molar-refractivity contribution in [3.05, 3.63) is 48.8 Å². The molecule has 1 aliphatic rings. The second kappa shape index (κ2) is 9.49. The van der Waals surface area contributed by atoms with Crippen LogP contribution in [-0.2, 0) is 13.8 Å². The van der Waals surface area contributed by atoms with Gasteiger partial charge in [0, 0.05) is 5.39 Å². The monoisotopic (exact) mass is 535 g/mol. The lowest BCUT2D eigenvalue weighted by Crippen LogP contribution is -2.46. The minimum Gasteiger partial charge on any atom is -0.476 e. The van der Waals surface area contributed by atoms with Crippen LogP contribution in [0.2, 0.25) is 0 Å². The number of halogens is 2. The van der Waals surface area contributed by atoms with Gasteiger partial charge in [-0.15, -0.1) is 0 Å². The van der Waals surface area contributed by atoms with Gasteiger partial charge in [-0.05, 0) is 25.3 Å². The van der Waals surface area contributed by atoms with E-state index in [0.717, 1.165) is 23.2 Å². The van der Waals surface area contributed by atoms with Crippen molar-refractivity contribution in [1.82, 2.24) is 19.5 Å². The molecule has 3 heterocycles. The van der Waals surface area contributed by atoms with Gasteiger partial charge in [0.15, 0.2) is 29.2 Å². The molecular formula is C23H24F2N5O6P. The number of ether oxygens (including phenoxy) is 2. The van der Waals surface area contributed by atoms with E-state index in [1.165, 1.54) is 0 Å². The number of aromatic nitrogens is 4. The topological polar surface area (TPSA) is 144 Å². The molecule has 5 atom stereocenters. The maximum atomic E-state index is 15.7. The number of anilines is 1. The van der Waals surface area contributed by atoms with Gasteiger partial charge >= 0.3 is 8.25 Å². The first kappa shape index (κ1) is 25.3. The average Bonchev–Trinajstić information content (AvgIpc) is 3.36. The SMILES string of the molecule is CCOc1nc(N)nc2c1ncn2[C@@H]1O[C@](F)(CO[PH](=O)Oc2cccc3ccccc23)[C@@H](O)[C@@]1(C)F. The van der Waals surface area contributed by atoms with Crippen molar-refractivity contribution in [3.63, 3.8) is 0 Å². The maximum Gasteiger partial charge on any atom is 0.368 e. The van der Waals surface area contributed by atoms with Crippen LogP contribution in [0.5, 0.6) is 11.6 Å². The van der Waals surface area contributed by atoms with E-state index >= 15 is 8.78 Å². The smallest absolute Gasteiger partial charge is 0.368 e. The predicted molar refractivity (Wildman–Crippen MR) is 130 cm³/mol. The van der Waals surface area contributed by atoms with Gasteiger partial charge in [-0.3, -0.25) is 9.09 Å². The van der Waals surface area contributed by atoms with Crippen molar-refractivity contribution < 1.29 is 37.0 Å². The molecule has 5 rings (SSSR count). The number of aliphatic hydroxyl groups excluding tert-OH is 1. The van der Waals surface area contributed by atoms with Crippen LogP contribution in [0, 0.1) is 0 Å². The van der Waals surface area contributed by atoms with E-state index < -0.39 is 38.7 Å². The zero-order valence-corrected chi connectivity index (χ0v) is 20.8. The molecule has 0 saturated carbocycles. The summed E-state index contributed by atoms with van der Waals surface area (Å²) in [6, 6.07) is 12.4. The van der Waals surface area contributed by atoms with Crippen molar-refractivity contribution in [2.24, 2.45) is 0 Å². The zero-order valence-electron chi connectivity index (χ0n) is 19.8. The molecule has 4 aromatic rings. The van der Waals surface area contributed by atoms with Gasteiger partial charge < -0.3 is 24.8 Å². The lowest BCUT2D eigenvalue weighted by Gasteiger charge is -2.25. The van der Waals surface area contributed by atoms with Crippen LogP contribution in [0.25, 0.3) is 21.9 Å². The second-order valence-electron chi connectivity index (χ2n) is 8.57. The average molecular weight is 535 g/mol. The van der Waals surface area contributed by atoms with Gasteiger partial charge in [0.2, 0.25) is 11.8 Å². The number of alkyl halides is 2. The van der Waals surface area contributed by atoms with Crippen LogP contribution in [0.15, 0.2) is 48.8 Å². The van der Waals surface area contributed by atoms with E-state index in [4.69, 9.17) is 24.3 Å². The van der Waals surface area contributed by atoms with Crippen LogP contribution in [0.1, 0.15) is 20.1 Å². The van der Waals surface area contributed by atoms with Crippen molar-refractivity contribution in [1.29, 1.82) is 0 Å². The lowest BCUT2D eigenvalue weighted by atomic mass is 9.97. The number of imidazole rings is 1.